The topological polar surface area (TPSA) is 33.7 Å². The lowest BCUT2D eigenvalue weighted by molar-refractivity contribution is 0.0679. The molecule has 1 aromatic rings. The van der Waals surface area contributed by atoms with Gasteiger partial charge in [-0.15, -0.1) is 0 Å². The molecule has 0 bridgehead atoms. The van der Waals surface area contributed by atoms with Crippen molar-refractivity contribution in [2.75, 3.05) is 32.8 Å². The van der Waals surface area contributed by atoms with Gasteiger partial charge in [0.1, 0.15) is 12.4 Å². The molecule has 2 fully saturated rings. The quantitative estimate of drug-likeness (QED) is 0.792. The van der Waals surface area contributed by atoms with E-state index < -0.39 is 0 Å². The Morgan fingerprint density at radius 2 is 1.96 bits per heavy atom. The van der Waals surface area contributed by atoms with Gasteiger partial charge in [0.15, 0.2) is 0 Å². The lowest BCUT2D eigenvalue weighted by atomic mass is 10.0. The number of rotatable bonds is 8. The number of hydrogen-bond donors (Lipinski definition) is 1. The monoisotopic (exact) mass is 332 g/mol. The van der Waals surface area contributed by atoms with Crippen LogP contribution in [0.2, 0.25) is 0 Å². The summed E-state index contributed by atoms with van der Waals surface area (Å²) in [6, 6.07) is 9.37. The van der Waals surface area contributed by atoms with Gasteiger partial charge in [-0.05, 0) is 69.4 Å². The Morgan fingerprint density at radius 1 is 1.17 bits per heavy atom. The van der Waals surface area contributed by atoms with Crippen molar-refractivity contribution in [3.63, 3.8) is 0 Å². The van der Waals surface area contributed by atoms with E-state index in [4.69, 9.17) is 9.47 Å². The van der Waals surface area contributed by atoms with E-state index in [-0.39, 0.29) is 6.10 Å². The molecule has 3 rings (SSSR count). The number of ether oxygens (including phenoxy) is 2. The van der Waals surface area contributed by atoms with Gasteiger partial charge in [-0.1, -0.05) is 19.1 Å². The minimum absolute atomic E-state index is 0.282. The number of nitrogens with one attached hydrogen (secondary N) is 1. The van der Waals surface area contributed by atoms with Crippen molar-refractivity contribution >= 4 is 0 Å². The molecule has 24 heavy (non-hydrogen) atoms. The molecule has 134 valence electrons. The van der Waals surface area contributed by atoms with Crippen LogP contribution in [0, 0.1) is 0 Å². The molecule has 0 aliphatic carbocycles. The number of nitrogens with zero attached hydrogens (tertiary/aromatic N) is 1. The molecule has 0 spiro atoms. The van der Waals surface area contributed by atoms with Gasteiger partial charge in [-0.2, -0.15) is 0 Å². The van der Waals surface area contributed by atoms with E-state index >= 15 is 0 Å². The van der Waals surface area contributed by atoms with E-state index in [0.29, 0.717) is 6.61 Å². The van der Waals surface area contributed by atoms with Crippen molar-refractivity contribution in [2.24, 2.45) is 0 Å². The minimum atomic E-state index is 0.282. The van der Waals surface area contributed by atoms with Crippen LogP contribution in [-0.2, 0) is 11.3 Å². The van der Waals surface area contributed by atoms with E-state index in [9.17, 15) is 0 Å². The van der Waals surface area contributed by atoms with Crippen molar-refractivity contribution in [3.05, 3.63) is 29.8 Å². The molecular weight excluding hydrogens is 300 g/mol. The highest BCUT2D eigenvalue weighted by Crippen LogP contribution is 2.20. The van der Waals surface area contributed by atoms with Crippen LogP contribution >= 0.6 is 0 Å². The smallest absolute Gasteiger partial charge is 0.119 e. The SMILES string of the molecule is CCCN(Cc1ccc(OCC2CCCO2)cc1)C1CCNCC1. The zero-order valence-corrected chi connectivity index (χ0v) is 15.0. The summed E-state index contributed by atoms with van der Waals surface area (Å²) in [4.78, 5) is 2.66. The first kappa shape index (κ1) is 17.7. The van der Waals surface area contributed by atoms with E-state index in [0.717, 1.165) is 50.9 Å². The fourth-order valence-corrected chi connectivity index (χ4v) is 3.74. The van der Waals surface area contributed by atoms with Gasteiger partial charge in [0.05, 0.1) is 6.10 Å². The zero-order valence-electron chi connectivity index (χ0n) is 15.0. The first-order valence-electron chi connectivity index (χ1n) is 9.63. The van der Waals surface area contributed by atoms with Crippen molar-refractivity contribution < 1.29 is 9.47 Å². The van der Waals surface area contributed by atoms with Crippen molar-refractivity contribution in [1.29, 1.82) is 0 Å². The molecule has 2 saturated heterocycles. The maximum Gasteiger partial charge on any atom is 0.119 e. The van der Waals surface area contributed by atoms with Crippen LogP contribution in [0.15, 0.2) is 24.3 Å². The maximum atomic E-state index is 5.87. The molecule has 1 unspecified atom stereocenters. The van der Waals surface area contributed by atoms with Gasteiger partial charge in [0.2, 0.25) is 0 Å². The first-order valence-corrected chi connectivity index (χ1v) is 9.63. The molecule has 4 nitrogen and oxygen atoms in total. The molecule has 1 aromatic carbocycles. The predicted octanol–water partition coefficient (Wildman–Crippen LogP) is 3.21. The molecule has 0 radical (unpaired) electrons. The fraction of sp³-hybridized carbons (Fsp3) is 0.700. The van der Waals surface area contributed by atoms with Gasteiger partial charge in [-0.3, -0.25) is 4.90 Å². The van der Waals surface area contributed by atoms with Gasteiger partial charge in [0.25, 0.3) is 0 Å². The molecular formula is C20H32N2O2. The maximum absolute atomic E-state index is 5.87. The minimum Gasteiger partial charge on any atom is -0.491 e. The Balaban J connectivity index is 1.51. The Labute approximate surface area is 146 Å². The average Bonchev–Trinajstić information content (AvgIpc) is 3.15. The Hall–Kier alpha value is -1.10. The average molecular weight is 332 g/mol. The summed E-state index contributed by atoms with van der Waals surface area (Å²) in [5.41, 5.74) is 1.38. The standard InChI is InChI=1S/C20H32N2O2/c1-2-13-22(18-9-11-21-12-10-18)15-17-5-7-19(8-6-17)24-16-20-4-3-14-23-20/h5-8,18,20-21H,2-4,9-16H2,1H3. The van der Waals surface area contributed by atoms with Crippen LogP contribution in [0.1, 0.15) is 44.6 Å². The van der Waals surface area contributed by atoms with Crippen molar-refractivity contribution in [2.45, 2.75) is 57.7 Å². The largest absolute Gasteiger partial charge is 0.491 e. The first-order chi connectivity index (χ1) is 11.8. The third-order valence-electron chi connectivity index (χ3n) is 5.10. The Kier molecular flexibility index (Phi) is 6.94. The molecule has 0 aromatic heterocycles. The second-order valence-electron chi connectivity index (χ2n) is 7.04. The number of piperidine rings is 1. The van der Waals surface area contributed by atoms with Crippen LogP contribution in [0.25, 0.3) is 0 Å². The van der Waals surface area contributed by atoms with Crippen LogP contribution in [0.4, 0.5) is 0 Å². The molecule has 2 aliphatic heterocycles. The zero-order chi connectivity index (χ0) is 16.6. The van der Waals surface area contributed by atoms with Crippen LogP contribution < -0.4 is 10.1 Å². The molecule has 2 aliphatic rings. The molecule has 1 N–H and O–H groups in total. The van der Waals surface area contributed by atoms with Crippen LogP contribution in [0.3, 0.4) is 0 Å². The Bertz CT molecular complexity index is 465. The normalized spacial score (nSPS) is 22.2. The van der Waals surface area contributed by atoms with Gasteiger partial charge < -0.3 is 14.8 Å². The van der Waals surface area contributed by atoms with Gasteiger partial charge in [-0.25, -0.2) is 0 Å². The third kappa shape index (κ3) is 5.20. The van der Waals surface area contributed by atoms with E-state index in [2.05, 4.69) is 41.4 Å². The lowest BCUT2D eigenvalue weighted by Crippen LogP contribution is -2.43. The second-order valence-corrected chi connectivity index (χ2v) is 7.04. The van der Waals surface area contributed by atoms with Gasteiger partial charge in [0, 0.05) is 19.2 Å². The van der Waals surface area contributed by atoms with E-state index in [1.54, 1.807) is 0 Å². The highest BCUT2D eigenvalue weighted by molar-refractivity contribution is 5.27. The van der Waals surface area contributed by atoms with Crippen molar-refractivity contribution in [3.8, 4) is 5.75 Å². The van der Waals surface area contributed by atoms with E-state index in [1.807, 2.05) is 0 Å². The predicted molar refractivity (Wildman–Crippen MR) is 97.5 cm³/mol. The second kappa shape index (κ2) is 9.40. The number of hydrogen-bond acceptors (Lipinski definition) is 4. The fourth-order valence-electron chi connectivity index (χ4n) is 3.74. The highest BCUT2D eigenvalue weighted by atomic mass is 16.5. The van der Waals surface area contributed by atoms with Crippen LogP contribution in [0.5, 0.6) is 5.75 Å². The summed E-state index contributed by atoms with van der Waals surface area (Å²) >= 11 is 0. The molecule has 0 amide bonds. The van der Waals surface area contributed by atoms with Crippen LogP contribution in [-0.4, -0.2) is 49.9 Å². The summed E-state index contributed by atoms with van der Waals surface area (Å²) in [5, 5.41) is 3.47. The summed E-state index contributed by atoms with van der Waals surface area (Å²) < 4.78 is 11.5. The number of benzene rings is 1. The molecule has 2 heterocycles. The van der Waals surface area contributed by atoms with E-state index in [1.165, 1.54) is 31.4 Å². The van der Waals surface area contributed by atoms with Gasteiger partial charge >= 0.3 is 0 Å². The molecule has 1 atom stereocenters. The molecule has 0 saturated carbocycles. The Morgan fingerprint density at radius 3 is 2.62 bits per heavy atom. The summed E-state index contributed by atoms with van der Waals surface area (Å²) in [5.74, 6) is 0.957. The summed E-state index contributed by atoms with van der Waals surface area (Å²) in [6.07, 6.45) is 6.32. The molecule has 4 heteroatoms. The van der Waals surface area contributed by atoms with Crippen molar-refractivity contribution in [1.82, 2.24) is 10.2 Å². The highest BCUT2D eigenvalue weighted by Gasteiger charge is 2.20. The third-order valence-corrected chi connectivity index (χ3v) is 5.10. The summed E-state index contributed by atoms with van der Waals surface area (Å²) in [6.45, 7) is 8.37. The summed E-state index contributed by atoms with van der Waals surface area (Å²) in [7, 11) is 0. The lowest BCUT2D eigenvalue weighted by Gasteiger charge is -2.34.